The predicted octanol–water partition coefficient (Wildman–Crippen LogP) is 1.92. The summed E-state index contributed by atoms with van der Waals surface area (Å²) in [5.74, 6) is 0.430. The third-order valence-corrected chi connectivity index (χ3v) is 4.18. The van der Waals surface area contributed by atoms with Gasteiger partial charge in [0.1, 0.15) is 0 Å². The molecule has 2 N–H and O–H groups in total. The number of aliphatic hydroxyl groups excluding tert-OH is 2. The molecular formula is C16H24ClNO3. The van der Waals surface area contributed by atoms with Crippen molar-refractivity contribution in [2.24, 2.45) is 5.92 Å². The largest absolute Gasteiger partial charge is 0.396 e. The first-order valence-corrected chi connectivity index (χ1v) is 7.88. The Labute approximate surface area is 131 Å². The molecule has 0 aromatic heterocycles. The topological polar surface area (TPSA) is 52.9 Å². The van der Waals surface area contributed by atoms with E-state index in [1.807, 2.05) is 24.3 Å². The highest BCUT2D eigenvalue weighted by atomic mass is 35.5. The average molecular weight is 314 g/mol. The van der Waals surface area contributed by atoms with E-state index in [2.05, 4.69) is 4.90 Å². The number of nitrogens with zero attached hydrogens (tertiary/aromatic N) is 1. The molecule has 0 saturated carbocycles. The van der Waals surface area contributed by atoms with E-state index < -0.39 is 6.10 Å². The Morgan fingerprint density at radius 3 is 2.52 bits per heavy atom. The Balaban J connectivity index is 1.61. The molecule has 0 bridgehead atoms. The van der Waals surface area contributed by atoms with Crippen LogP contribution >= 0.6 is 11.6 Å². The molecule has 5 heteroatoms. The minimum atomic E-state index is -0.469. The van der Waals surface area contributed by atoms with Crippen LogP contribution in [-0.2, 0) is 11.3 Å². The maximum absolute atomic E-state index is 10.0. The van der Waals surface area contributed by atoms with Crippen molar-refractivity contribution in [2.45, 2.75) is 25.6 Å². The summed E-state index contributed by atoms with van der Waals surface area (Å²) < 4.78 is 5.55. The van der Waals surface area contributed by atoms with Crippen LogP contribution in [0.15, 0.2) is 24.3 Å². The maximum atomic E-state index is 10.0. The molecule has 1 heterocycles. The Morgan fingerprint density at radius 1 is 1.24 bits per heavy atom. The molecule has 0 amide bonds. The second-order valence-corrected chi connectivity index (χ2v) is 6.16. The molecule has 1 atom stereocenters. The molecule has 21 heavy (non-hydrogen) atoms. The van der Waals surface area contributed by atoms with Gasteiger partial charge in [-0.15, -0.1) is 0 Å². The SMILES string of the molecule is OCC1CCN(CC(O)COCc2ccc(Cl)cc2)CC1. The van der Waals surface area contributed by atoms with Crippen molar-refractivity contribution in [3.63, 3.8) is 0 Å². The fourth-order valence-electron chi connectivity index (χ4n) is 2.60. The number of piperidine rings is 1. The van der Waals surface area contributed by atoms with Gasteiger partial charge in [-0.25, -0.2) is 0 Å². The highest BCUT2D eigenvalue weighted by Crippen LogP contribution is 2.16. The molecule has 118 valence electrons. The number of β-amino-alcohol motifs (C(OH)–C–C–N with tert-alkyl or cyclic N) is 1. The maximum Gasteiger partial charge on any atom is 0.0900 e. The van der Waals surface area contributed by atoms with Gasteiger partial charge in [-0.3, -0.25) is 0 Å². The molecule has 1 unspecified atom stereocenters. The van der Waals surface area contributed by atoms with Gasteiger partial charge in [0.05, 0.1) is 19.3 Å². The summed E-state index contributed by atoms with van der Waals surface area (Å²) in [6, 6.07) is 7.52. The molecule has 1 aliphatic heterocycles. The Bertz CT molecular complexity index is 404. The minimum absolute atomic E-state index is 0.278. The Hall–Kier alpha value is -0.650. The van der Waals surface area contributed by atoms with Crippen molar-refractivity contribution in [2.75, 3.05) is 32.8 Å². The van der Waals surface area contributed by atoms with Crippen LogP contribution in [0, 0.1) is 5.92 Å². The molecule has 0 aliphatic carbocycles. The van der Waals surface area contributed by atoms with Gasteiger partial charge in [0, 0.05) is 18.2 Å². The number of likely N-dealkylation sites (tertiary alicyclic amines) is 1. The second-order valence-electron chi connectivity index (χ2n) is 5.72. The zero-order chi connectivity index (χ0) is 15.1. The van der Waals surface area contributed by atoms with Crippen LogP contribution in [0.4, 0.5) is 0 Å². The number of halogens is 1. The first-order valence-electron chi connectivity index (χ1n) is 7.51. The first kappa shape index (κ1) is 16.7. The van der Waals surface area contributed by atoms with Crippen LogP contribution < -0.4 is 0 Å². The Kier molecular flexibility index (Phi) is 6.93. The van der Waals surface area contributed by atoms with Gasteiger partial charge in [-0.2, -0.15) is 0 Å². The average Bonchev–Trinajstić information content (AvgIpc) is 2.50. The lowest BCUT2D eigenvalue weighted by Crippen LogP contribution is -2.40. The number of aliphatic hydroxyl groups is 2. The summed E-state index contributed by atoms with van der Waals surface area (Å²) in [6.07, 6.45) is 1.55. The van der Waals surface area contributed by atoms with Gasteiger partial charge in [0.2, 0.25) is 0 Å². The van der Waals surface area contributed by atoms with Crippen molar-refractivity contribution in [3.8, 4) is 0 Å². The molecule has 4 nitrogen and oxygen atoms in total. The second kappa shape index (κ2) is 8.71. The molecule has 0 radical (unpaired) electrons. The van der Waals surface area contributed by atoms with Crippen LogP contribution in [-0.4, -0.2) is 54.1 Å². The number of ether oxygens (including phenoxy) is 1. The van der Waals surface area contributed by atoms with Crippen LogP contribution in [0.2, 0.25) is 5.02 Å². The van der Waals surface area contributed by atoms with Gasteiger partial charge < -0.3 is 19.8 Å². The predicted molar refractivity (Wildman–Crippen MR) is 83.4 cm³/mol. The molecule has 1 aliphatic rings. The van der Waals surface area contributed by atoms with Crippen molar-refractivity contribution in [1.82, 2.24) is 4.90 Å². The lowest BCUT2D eigenvalue weighted by atomic mass is 9.98. The third kappa shape index (κ3) is 5.93. The van der Waals surface area contributed by atoms with E-state index >= 15 is 0 Å². The third-order valence-electron chi connectivity index (χ3n) is 3.93. The molecular weight excluding hydrogens is 290 g/mol. The lowest BCUT2D eigenvalue weighted by molar-refractivity contribution is 0.00266. The quantitative estimate of drug-likeness (QED) is 0.807. The van der Waals surface area contributed by atoms with Crippen molar-refractivity contribution in [1.29, 1.82) is 0 Å². The van der Waals surface area contributed by atoms with E-state index in [1.54, 1.807) is 0 Å². The van der Waals surface area contributed by atoms with Gasteiger partial charge in [-0.05, 0) is 49.5 Å². The number of hydrogen-bond donors (Lipinski definition) is 2. The first-order chi connectivity index (χ1) is 10.2. The normalized spacial score (nSPS) is 18.8. The van der Waals surface area contributed by atoms with Crippen molar-refractivity contribution in [3.05, 3.63) is 34.9 Å². The van der Waals surface area contributed by atoms with Gasteiger partial charge in [-0.1, -0.05) is 23.7 Å². The molecule has 1 saturated heterocycles. The molecule has 1 fully saturated rings. The van der Waals surface area contributed by atoms with E-state index in [-0.39, 0.29) is 6.61 Å². The number of rotatable bonds is 7. The highest BCUT2D eigenvalue weighted by Gasteiger charge is 2.20. The van der Waals surface area contributed by atoms with E-state index in [9.17, 15) is 5.11 Å². The summed E-state index contributed by atoms with van der Waals surface area (Å²) in [4.78, 5) is 2.24. The summed E-state index contributed by atoms with van der Waals surface area (Å²) in [5, 5.41) is 19.8. The smallest absolute Gasteiger partial charge is 0.0900 e. The van der Waals surface area contributed by atoms with Crippen LogP contribution in [0.3, 0.4) is 0 Å². The van der Waals surface area contributed by atoms with Crippen LogP contribution in [0.1, 0.15) is 18.4 Å². The summed E-state index contributed by atoms with van der Waals surface area (Å²) in [7, 11) is 0. The number of hydrogen-bond acceptors (Lipinski definition) is 4. The summed E-state index contributed by atoms with van der Waals surface area (Å²) in [5.41, 5.74) is 1.05. The van der Waals surface area contributed by atoms with E-state index in [4.69, 9.17) is 21.4 Å². The van der Waals surface area contributed by atoms with Gasteiger partial charge >= 0.3 is 0 Å². The van der Waals surface area contributed by atoms with Crippen molar-refractivity contribution >= 4 is 11.6 Å². The Morgan fingerprint density at radius 2 is 1.90 bits per heavy atom. The fraction of sp³-hybridized carbons (Fsp3) is 0.625. The van der Waals surface area contributed by atoms with E-state index in [0.29, 0.717) is 30.7 Å². The van der Waals surface area contributed by atoms with Gasteiger partial charge in [0.15, 0.2) is 0 Å². The summed E-state index contributed by atoms with van der Waals surface area (Å²) >= 11 is 5.82. The zero-order valence-electron chi connectivity index (χ0n) is 12.2. The number of benzene rings is 1. The van der Waals surface area contributed by atoms with Gasteiger partial charge in [0.25, 0.3) is 0 Å². The lowest BCUT2D eigenvalue weighted by Gasteiger charge is -2.32. The van der Waals surface area contributed by atoms with E-state index in [1.165, 1.54) is 0 Å². The van der Waals surface area contributed by atoms with Crippen molar-refractivity contribution < 1.29 is 14.9 Å². The summed E-state index contributed by atoms with van der Waals surface area (Å²) in [6.45, 7) is 3.63. The van der Waals surface area contributed by atoms with E-state index in [0.717, 1.165) is 31.5 Å². The monoisotopic (exact) mass is 313 g/mol. The molecule has 0 spiro atoms. The highest BCUT2D eigenvalue weighted by molar-refractivity contribution is 6.30. The molecule has 2 rings (SSSR count). The molecule has 1 aromatic carbocycles. The fourth-order valence-corrected chi connectivity index (χ4v) is 2.72. The zero-order valence-corrected chi connectivity index (χ0v) is 13.0. The van der Waals surface area contributed by atoms with Crippen LogP contribution in [0.25, 0.3) is 0 Å². The van der Waals surface area contributed by atoms with Crippen LogP contribution in [0.5, 0.6) is 0 Å². The minimum Gasteiger partial charge on any atom is -0.396 e. The molecule has 1 aromatic rings. The standard InChI is InChI=1S/C16H24ClNO3/c17-15-3-1-14(2-4-15)11-21-12-16(20)9-18-7-5-13(10-19)6-8-18/h1-4,13,16,19-20H,5-12H2.